The van der Waals surface area contributed by atoms with Crippen LogP contribution in [0.2, 0.25) is 0 Å². The zero-order valence-electron chi connectivity index (χ0n) is 9.41. The molecule has 0 spiro atoms. The molecule has 5 heteroatoms. The summed E-state index contributed by atoms with van der Waals surface area (Å²) in [6.07, 6.45) is 3.32. The number of pyridine rings is 1. The normalized spacial score (nSPS) is 26.5. The Balaban J connectivity index is 0.00000108. The molecule has 1 aromatic heterocycles. The number of likely N-dealkylation sites (tertiary alicyclic amines) is 1. The van der Waals surface area contributed by atoms with Crippen molar-refractivity contribution in [2.24, 2.45) is 11.8 Å². The van der Waals surface area contributed by atoms with Crippen LogP contribution in [-0.2, 0) is 4.74 Å². The van der Waals surface area contributed by atoms with Crippen molar-refractivity contribution < 1.29 is 9.53 Å². The Bertz CT molecular complexity index is 387. The molecule has 0 aromatic carbocycles. The van der Waals surface area contributed by atoms with Gasteiger partial charge in [0.15, 0.2) is 0 Å². The van der Waals surface area contributed by atoms with Crippen molar-refractivity contribution in [2.75, 3.05) is 26.3 Å². The number of aromatic nitrogens is 1. The number of carbonyl (C=O) groups excluding carboxylic acids is 1. The van der Waals surface area contributed by atoms with Gasteiger partial charge >= 0.3 is 0 Å². The molecule has 0 radical (unpaired) electrons. The van der Waals surface area contributed by atoms with Gasteiger partial charge in [-0.1, -0.05) is 0 Å². The molecule has 0 N–H and O–H groups in total. The molecule has 0 bridgehead atoms. The molecule has 2 aliphatic heterocycles. The molecule has 0 saturated carbocycles. The van der Waals surface area contributed by atoms with E-state index in [1.807, 2.05) is 11.0 Å². The molecule has 2 saturated heterocycles. The second-order valence-corrected chi connectivity index (χ2v) is 4.51. The lowest BCUT2D eigenvalue weighted by atomic mass is 10.0. The van der Waals surface area contributed by atoms with Crippen molar-refractivity contribution in [3.05, 3.63) is 30.1 Å². The smallest absolute Gasteiger partial charge is 0.255 e. The molecule has 0 aliphatic carbocycles. The predicted octanol–water partition coefficient (Wildman–Crippen LogP) is 1.22. The van der Waals surface area contributed by atoms with Crippen LogP contribution in [0.25, 0.3) is 0 Å². The Morgan fingerprint density at radius 3 is 2.65 bits per heavy atom. The van der Waals surface area contributed by atoms with Gasteiger partial charge in [0.25, 0.3) is 5.91 Å². The lowest BCUT2D eigenvalue weighted by Crippen LogP contribution is -2.30. The SMILES string of the molecule is Cl.O=C(c1cccnc1)N1CC2COCC2C1. The summed E-state index contributed by atoms with van der Waals surface area (Å²) in [4.78, 5) is 18.0. The van der Waals surface area contributed by atoms with Gasteiger partial charge in [0.2, 0.25) is 0 Å². The predicted molar refractivity (Wildman–Crippen MR) is 65.2 cm³/mol. The maximum atomic E-state index is 12.1. The van der Waals surface area contributed by atoms with Crippen LogP contribution in [-0.4, -0.2) is 42.1 Å². The number of hydrogen-bond donors (Lipinski definition) is 0. The summed E-state index contributed by atoms with van der Waals surface area (Å²) >= 11 is 0. The minimum Gasteiger partial charge on any atom is -0.381 e. The molecule has 92 valence electrons. The van der Waals surface area contributed by atoms with E-state index in [-0.39, 0.29) is 18.3 Å². The number of fused-ring (bicyclic) bond motifs is 1. The van der Waals surface area contributed by atoms with E-state index in [1.165, 1.54) is 0 Å². The van der Waals surface area contributed by atoms with Crippen LogP contribution in [0.1, 0.15) is 10.4 Å². The number of amides is 1. The maximum Gasteiger partial charge on any atom is 0.255 e. The highest BCUT2D eigenvalue weighted by Crippen LogP contribution is 2.29. The fraction of sp³-hybridized carbons (Fsp3) is 0.500. The third-order valence-electron chi connectivity index (χ3n) is 3.44. The van der Waals surface area contributed by atoms with Gasteiger partial charge in [-0.05, 0) is 12.1 Å². The minimum absolute atomic E-state index is 0. The lowest BCUT2D eigenvalue weighted by Gasteiger charge is -2.16. The Kier molecular flexibility index (Phi) is 3.64. The number of halogens is 1. The molecule has 3 rings (SSSR count). The first kappa shape index (κ1) is 12.3. The van der Waals surface area contributed by atoms with Gasteiger partial charge in [-0.15, -0.1) is 12.4 Å². The summed E-state index contributed by atoms with van der Waals surface area (Å²) in [5.74, 6) is 1.18. The lowest BCUT2D eigenvalue weighted by molar-refractivity contribution is 0.0751. The largest absolute Gasteiger partial charge is 0.381 e. The summed E-state index contributed by atoms with van der Waals surface area (Å²) in [5.41, 5.74) is 0.684. The third-order valence-corrected chi connectivity index (χ3v) is 3.44. The van der Waals surface area contributed by atoms with Crippen molar-refractivity contribution >= 4 is 18.3 Å². The van der Waals surface area contributed by atoms with Crippen LogP contribution in [0.4, 0.5) is 0 Å². The zero-order chi connectivity index (χ0) is 11.0. The highest BCUT2D eigenvalue weighted by molar-refractivity contribution is 5.94. The highest BCUT2D eigenvalue weighted by atomic mass is 35.5. The maximum absolute atomic E-state index is 12.1. The fourth-order valence-electron chi connectivity index (χ4n) is 2.52. The van der Waals surface area contributed by atoms with Crippen LogP contribution >= 0.6 is 12.4 Å². The molecule has 4 nitrogen and oxygen atoms in total. The molecule has 2 aliphatic rings. The van der Waals surface area contributed by atoms with Crippen LogP contribution in [0.5, 0.6) is 0 Å². The van der Waals surface area contributed by atoms with Crippen molar-refractivity contribution in [3.63, 3.8) is 0 Å². The standard InChI is InChI=1S/C12H14N2O2.ClH/c15-12(9-2-1-3-13-4-9)14-5-10-7-16-8-11(10)6-14;/h1-4,10-11H,5-8H2;1H. The molecule has 2 unspecified atom stereocenters. The summed E-state index contributed by atoms with van der Waals surface area (Å²) in [6, 6.07) is 3.62. The average Bonchev–Trinajstić information content (AvgIpc) is 2.89. The molecule has 3 heterocycles. The van der Waals surface area contributed by atoms with Gasteiger partial charge in [-0.3, -0.25) is 9.78 Å². The molecule has 1 aromatic rings. The number of carbonyl (C=O) groups is 1. The van der Waals surface area contributed by atoms with Crippen LogP contribution in [0.15, 0.2) is 24.5 Å². The first-order chi connectivity index (χ1) is 7.84. The van der Waals surface area contributed by atoms with Gasteiger partial charge in [-0.2, -0.15) is 0 Å². The van der Waals surface area contributed by atoms with Gasteiger partial charge in [0.1, 0.15) is 0 Å². The third kappa shape index (κ3) is 2.28. The van der Waals surface area contributed by atoms with Gasteiger partial charge in [0.05, 0.1) is 18.8 Å². The van der Waals surface area contributed by atoms with Gasteiger partial charge in [0, 0.05) is 37.3 Å². The van der Waals surface area contributed by atoms with E-state index in [1.54, 1.807) is 18.5 Å². The quantitative estimate of drug-likeness (QED) is 0.757. The van der Waals surface area contributed by atoms with E-state index >= 15 is 0 Å². The summed E-state index contributed by atoms with van der Waals surface area (Å²) in [6.45, 7) is 3.28. The Morgan fingerprint density at radius 1 is 1.35 bits per heavy atom. The zero-order valence-corrected chi connectivity index (χ0v) is 10.2. The monoisotopic (exact) mass is 254 g/mol. The molecule has 17 heavy (non-hydrogen) atoms. The summed E-state index contributed by atoms with van der Waals surface area (Å²) < 4.78 is 5.39. The average molecular weight is 255 g/mol. The molecular weight excluding hydrogens is 240 g/mol. The fourth-order valence-corrected chi connectivity index (χ4v) is 2.52. The van der Waals surface area contributed by atoms with E-state index < -0.39 is 0 Å². The summed E-state index contributed by atoms with van der Waals surface area (Å²) in [7, 11) is 0. The second kappa shape index (κ2) is 5.02. The Hall–Kier alpha value is -1.13. The van der Waals surface area contributed by atoms with Gasteiger partial charge in [-0.25, -0.2) is 0 Å². The van der Waals surface area contributed by atoms with Crippen molar-refractivity contribution in [1.29, 1.82) is 0 Å². The number of rotatable bonds is 1. The Morgan fingerprint density at radius 2 is 2.06 bits per heavy atom. The first-order valence-electron chi connectivity index (χ1n) is 5.61. The topological polar surface area (TPSA) is 42.4 Å². The molecule has 2 fully saturated rings. The van der Waals surface area contributed by atoms with Gasteiger partial charge < -0.3 is 9.64 Å². The van der Waals surface area contributed by atoms with E-state index in [4.69, 9.17) is 4.74 Å². The molecule has 2 atom stereocenters. The number of ether oxygens (including phenoxy) is 1. The Labute approximate surface area is 106 Å². The second-order valence-electron chi connectivity index (χ2n) is 4.51. The molecular formula is C12H15ClN2O2. The highest BCUT2D eigenvalue weighted by Gasteiger charge is 2.39. The van der Waals surface area contributed by atoms with E-state index in [2.05, 4.69) is 4.98 Å². The minimum atomic E-state index is 0. The summed E-state index contributed by atoms with van der Waals surface area (Å²) in [5, 5.41) is 0. The van der Waals surface area contributed by atoms with E-state index in [9.17, 15) is 4.79 Å². The van der Waals surface area contributed by atoms with Crippen LogP contribution < -0.4 is 0 Å². The van der Waals surface area contributed by atoms with Crippen LogP contribution in [0.3, 0.4) is 0 Å². The van der Waals surface area contributed by atoms with Crippen LogP contribution in [0, 0.1) is 11.8 Å². The molecule has 1 amide bonds. The number of nitrogens with zero attached hydrogens (tertiary/aromatic N) is 2. The van der Waals surface area contributed by atoms with Crippen molar-refractivity contribution in [2.45, 2.75) is 0 Å². The van der Waals surface area contributed by atoms with Crippen molar-refractivity contribution in [1.82, 2.24) is 9.88 Å². The van der Waals surface area contributed by atoms with E-state index in [0.29, 0.717) is 17.4 Å². The van der Waals surface area contributed by atoms with E-state index in [0.717, 1.165) is 26.3 Å². The number of hydrogen-bond acceptors (Lipinski definition) is 3. The van der Waals surface area contributed by atoms with Crippen molar-refractivity contribution in [3.8, 4) is 0 Å². The first-order valence-corrected chi connectivity index (χ1v) is 5.61.